The number of hydrazine groups is 1. The minimum absolute atomic E-state index is 0.180. The van der Waals surface area contributed by atoms with Crippen LogP contribution in [0.5, 0.6) is 0 Å². The molecular weight excluding hydrogens is 395 g/mol. The Morgan fingerprint density at radius 3 is 2.33 bits per heavy atom. The lowest BCUT2D eigenvalue weighted by molar-refractivity contribution is -0.141. The van der Waals surface area contributed by atoms with Crippen molar-refractivity contribution in [2.24, 2.45) is 5.41 Å². The number of hydrogen-bond acceptors (Lipinski definition) is 5. The molecule has 0 spiro atoms. The molecule has 1 fully saturated rings. The number of carbonyl (C=O) groups is 1. The molecule has 6 nitrogen and oxygen atoms in total. The van der Waals surface area contributed by atoms with Crippen molar-refractivity contribution in [1.29, 1.82) is 5.26 Å². The highest BCUT2D eigenvalue weighted by molar-refractivity contribution is 5.92. The van der Waals surface area contributed by atoms with Gasteiger partial charge in [0, 0.05) is 12.6 Å². The average molecular weight is 417 g/mol. The zero-order valence-corrected chi connectivity index (χ0v) is 16.9. The Morgan fingerprint density at radius 1 is 1.20 bits per heavy atom. The first-order valence-corrected chi connectivity index (χ1v) is 9.45. The van der Waals surface area contributed by atoms with Crippen molar-refractivity contribution in [3.8, 4) is 6.07 Å². The standard InChI is InChI=1S/C21H22F3N5O/c1-19(2,3)13-29(17-11-15(21(22,23)24)26-16(12-25)27-17)28-18(30)20(9-10-20)14-7-5-4-6-8-14/h4-8,11H,9-10,13H2,1-3H3,(H,28,30). The van der Waals surface area contributed by atoms with Crippen molar-refractivity contribution in [1.82, 2.24) is 15.4 Å². The predicted octanol–water partition coefficient (Wildman–Crippen LogP) is 3.98. The molecule has 1 N–H and O–H groups in total. The Bertz CT molecular complexity index is 973. The van der Waals surface area contributed by atoms with E-state index in [1.807, 2.05) is 51.1 Å². The van der Waals surface area contributed by atoms with E-state index in [0.717, 1.165) is 11.6 Å². The van der Waals surface area contributed by atoms with Crippen LogP contribution < -0.4 is 10.4 Å². The van der Waals surface area contributed by atoms with Gasteiger partial charge in [-0.3, -0.25) is 15.2 Å². The monoisotopic (exact) mass is 417 g/mol. The molecule has 30 heavy (non-hydrogen) atoms. The van der Waals surface area contributed by atoms with Gasteiger partial charge >= 0.3 is 6.18 Å². The largest absolute Gasteiger partial charge is 0.433 e. The summed E-state index contributed by atoms with van der Waals surface area (Å²) in [7, 11) is 0. The molecular formula is C21H22F3N5O. The van der Waals surface area contributed by atoms with Crippen LogP contribution >= 0.6 is 0 Å². The fraction of sp³-hybridized carbons (Fsp3) is 0.429. The number of nitriles is 1. The molecule has 1 aliphatic carbocycles. The van der Waals surface area contributed by atoms with Crippen molar-refractivity contribution in [3.05, 3.63) is 53.5 Å². The second-order valence-corrected chi connectivity index (χ2v) is 8.58. The van der Waals surface area contributed by atoms with Gasteiger partial charge in [0.15, 0.2) is 11.5 Å². The number of nitrogens with one attached hydrogen (secondary N) is 1. The quantitative estimate of drug-likeness (QED) is 0.744. The topological polar surface area (TPSA) is 81.9 Å². The Hall–Kier alpha value is -3.15. The Morgan fingerprint density at radius 2 is 1.83 bits per heavy atom. The van der Waals surface area contributed by atoms with Crippen molar-refractivity contribution < 1.29 is 18.0 Å². The first kappa shape index (κ1) is 21.6. The van der Waals surface area contributed by atoms with E-state index in [1.54, 1.807) is 6.07 Å². The van der Waals surface area contributed by atoms with Gasteiger partial charge in [0.1, 0.15) is 6.07 Å². The number of halogens is 3. The predicted molar refractivity (Wildman–Crippen MR) is 104 cm³/mol. The van der Waals surface area contributed by atoms with Crippen molar-refractivity contribution >= 4 is 11.7 Å². The molecule has 9 heteroatoms. The molecule has 0 atom stereocenters. The molecule has 0 radical (unpaired) electrons. The van der Waals surface area contributed by atoms with Gasteiger partial charge in [-0.05, 0) is 23.8 Å². The van der Waals surface area contributed by atoms with E-state index < -0.39 is 23.1 Å². The van der Waals surface area contributed by atoms with Crippen LogP contribution in [0.4, 0.5) is 19.0 Å². The zero-order chi connectivity index (χ0) is 22.2. The lowest BCUT2D eigenvalue weighted by atomic mass is 9.95. The van der Waals surface area contributed by atoms with Crippen LogP contribution in [0.2, 0.25) is 0 Å². The van der Waals surface area contributed by atoms with Gasteiger partial charge in [-0.25, -0.2) is 4.98 Å². The molecule has 0 saturated heterocycles. The molecule has 1 amide bonds. The maximum atomic E-state index is 13.3. The van der Waals surface area contributed by atoms with Crippen LogP contribution in [-0.4, -0.2) is 22.4 Å². The highest BCUT2D eigenvalue weighted by atomic mass is 19.4. The maximum absolute atomic E-state index is 13.3. The van der Waals surface area contributed by atoms with Gasteiger partial charge in [-0.15, -0.1) is 0 Å². The second kappa shape index (κ2) is 7.59. The number of hydrogen-bond donors (Lipinski definition) is 1. The highest BCUT2D eigenvalue weighted by Crippen LogP contribution is 2.48. The lowest BCUT2D eigenvalue weighted by Gasteiger charge is -2.32. The van der Waals surface area contributed by atoms with Crippen LogP contribution in [0.25, 0.3) is 0 Å². The molecule has 0 aliphatic heterocycles. The molecule has 1 heterocycles. The normalized spacial score (nSPS) is 15.2. The SMILES string of the molecule is CC(C)(C)CN(NC(=O)C1(c2ccccc2)CC1)c1cc(C(F)(F)F)nc(C#N)n1. The minimum Gasteiger partial charge on any atom is -0.272 e. The molecule has 0 unspecified atom stereocenters. The van der Waals surface area contributed by atoms with Crippen molar-refractivity contribution in [2.75, 3.05) is 11.6 Å². The van der Waals surface area contributed by atoms with E-state index in [4.69, 9.17) is 5.26 Å². The molecule has 1 aromatic heterocycles. The third-order valence-electron chi connectivity index (χ3n) is 4.76. The third kappa shape index (κ3) is 4.70. The van der Waals surface area contributed by atoms with Crippen LogP contribution in [-0.2, 0) is 16.4 Å². The smallest absolute Gasteiger partial charge is 0.272 e. The summed E-state index contributed by atoms with van der Waals surface area (Å²) in [5.41, 5.74) is 1.27. The molecule has 0 bridgehead atoms. The number of alkyl halides is 3. The summed E-state index contributed by atoms with van der Waals surface area (Å²) in [6.45, 7) is 5.83. The molecule has 1 aliphatic rings. The van der Waals surface area contributed by atoms with Gasteiger partial charge in [0.2, 0.25) is 11.7 Å². The summed E-state index contributed by atoms with van der Waals surface area (Å²) >= 11 is 0. The van der Waals surface area contributed by atoms with E-state index in [9.17, 15) is 18.0 Å². The van der Waals surface area contributed by atoms with E-state index >= 15 is 0 Å². The van der Waals surface area contributed by atoms with E-state index in [0.29, 0.717) is 12.8 Å². The molecule has 2 aromatic rings. The highest BCUT2D eigenvalue weighted by Gasteiger charge is 2.52. The third-order valence-corrected chi connectivity index (χ3v) is 4.76. The maximum Gasteiger partial charge on any atom is 0.433 e. The van der Waals surface area contributed by atoms with Crippen LogP contribution in [0.15, 0.2) is 36.4 Å². The number of benzene rings is 1. The number of carbonyl (C=O) groups excluding carboxylic acids is 1. The van der Waals surface area contributed by atoms with Crippen LogP contribution in [0.1, 0.15) is 50.7 Å². The van der Waals surface area contributed by atoms with Gasteiger partial charge in [-0.1, -0.05) is 51.1 Å². The number of rotatable bonds is 5. The number of nitrogens with zero attached hydrogens (tertiary/aromatic N) is 4. The van der Waals surface area contributed by atoms with Crippen molar-refractivity contribution in [2.45, 2.75) is 45.2 Å². The summed E-state index contributed by atoms with van der Waals surface area (Å²) in [5, 5.41) is 10.4. The minimum atomic E-state index is -4.75. The zero-order valence-electron chi connectivity index (χ0n) is 16.9. The van der Waals surface area contributed by atoms with E-state index in [1.165, 1.54) is 5.01 Å². The summed E-state index contributed by atoms with van der Waals surface area (Å²) < 4.78 is 39.8. The van der Waals surface area contributed by atoms with Crippen LogP contribution in [0, 0.1) is 16.7 Å². The number of aromatic nitrogens is 2. The number of anilines is 1. The lowest BCUT2D eigenvalue weighted by Crippen LogP contribution is -2.50. The Kier molecular flexibility index (Phi) is 5.46. The van der Waals surface area contributed by atoms with Gasteiger partial charge in [-0.2, -0.15) is 23.4 Å². The van der Waals surface area contributed by atoms with E-state index in [-0.39, 0.29) is 23.7 Å². The van der Waals surface area contributed by atoms with Gasteiger partial charge < -0.3 is 0 Å². The summed E-state index contributed by atoms with van der Waals surface area (Å²) in [6.07, 6.45) is -3.46. The Balaban J connectivity index is 1.97. The van der Waals surface area contributed by atoms with Crippen LogP contribution in [0.3, 0.4) is 0 Å². The Labute approximate surface area is 172 Å². The molecule has 1 aromatic carbocycles. The fourth-order valence-corrected chi connectivity index (χ4v) is 3.18. The second-order valence-electron chi connectivity index (χ2n) is 8.58. The molecule has 1 saturated carbocycles. The summed E-state index contributed by atoms with van der Waals surface area (Å²) in [4.78, 5) is 20.3. The van der Waals surface area contributed by atoms with Gasteiger partial charge in [0.25, 0.3) is 0 Å². The van der Waals surface area contributed by atoms with Gasteiger partial charge in [0.05, 0.1) is 5.41 Å². The summed E-state index contributed by atoms with van der Waals surface area (Å²) in [5.74, 6) is -1.11. The first-order valence-electron chi connectivity index (χ1n) is 9.45. The summed E-state index contributed by atoms with van der Waals surface area (Å²) in [6, 6.07) is 11.6. The fourth-order valence-electron chi connectivity index (χ4n) is 3.18. The van der Waals surface area contributed by atoms with Crippen molar-refractivity contribution in [3.63, 3.8) is 0 Å². The molecule has 158 valence electrons. The van der Waals surface area contributed by atoms with E-state index in [2.05, 4.69) is 15.4 Å². The average Bonchev–Trinajstić information content (AvgIpc) is 3.48. The number of amides is 1. The molecule has 3 rings (SSSR count). The first-order chi connectivity index (χ1) is 13.9.